The molecule has 10 heteroatoms. The van der Waals surface area contributed by atoms with E-state index in [1.807, 2.05) is 24.3 Å². The van der Waals surface area contributed by atoms with Crippen molar-refractivity contribution in [1.29, 1.82) is 0 Å². The highest BCUT2D eigenvalue weighted by molar-refractivity contribution is 5.94. The lowest BCUT2D eigenvalue weighted by Gasteiger charge is -2.39. The standard InChI is InChI=1S/C30H33F3N6O/c31-30(32,33)26-15-37-28(16-36-26)39-17-18-10-23(25(39)11-18)13-21-4-1-2-7-24(21)38-27-14-20(8-9-35-27)19-5-3-6-22(12-19)29(34)40/h3,5-6,8-9,12,14-16,18,21,23-25H,1-2,4,7,10-11,13,17H2,(H2,34,40)(H,35,38)/t18-,21+,23-,24-,25-/m1/s1. The second-order valence-electron chi connectivity index (χ2n) is 11.5. The van der Waals surface area contributed by atoms with Crippen LogP contribution in [0.3, 0.4) is 0 Å². The minimum Gasteiger partial charge on any atom is -0.367 e. The van der Waals surface area contributed by atoms with E-state index in [1.54, 1.807) is 18.3 Å². The third-order valence-electron chi connectivity index (χ3n) is 8.92. The molecule has 3 heterocycles. The second-order valence-corrected chi connectivity index (χ2v) is 11.5. The van der Waals surface area contributed by atoms with Gasteiger partial charge in [-0.25, -0.2) is 15.0 Å². The fourth-order valence-electron chi connectivity index (χ4n) is 7.09. The van der Waals surface area contributed by atoms with Crippen LogP contribution >= 0.6 is 0 Å². The van der Waals surface area contributed by atoms with Crippen LogP contribution in [0.5, 0.6) is 0 Å². The number of nitrogens with zero attached hydrogens (tertiary/aromatic N) is 4. The van der Waals surface area contributed by atoms with Gasteiger partial charge >= 0.3 is 6.18 Å². The Balaban J connectivity index is 1.14. The highest BCUT2D eigenvalue weighted by Crippen LogP contribution is 2.47. The summed E-state index contributed by atoms with van der Waals surface area (Å²) in [6, 6.07) is 11.8. The Morgan fingerprint density at radius 1 is 1.00 bits per heavy atom. The zero-order chi connectivity index (χ0) is 27.9. The predicted molar refractivity (Wildman–Crippen MR) is 147 cm³/mol. The lowest BCUT2D eigenvalue weighted by atomic mass is 9.77. The molecule has 5 atom stereocenters. The Bertz CT molecular complexity index is 1360. The zero-order valence-corrected chi connectivity index (χ0v) is 22.1. The molecule has 210 valence electrons. The number of hydrogen-bond acceptors (Lipinski definition) is 6. The van der Waals surface area contributed by atoms with E-state index in [4.69, 9.17) is 5.73 Å². The van der Waals surface area contributed by atoms with E-state index in [0.29, 0.717) is 35.2 Å². The third kappa shape index (κ3) is 5.48. The number of hydrogen-bond donors (Lipinski definition) is 2. The number of nitrogens with one attached hydrogen (secondary N) is 1. The number of nitrogens with two attached hydrogens (primary N) is 1. The molecule has 1 aliphatic heterocycles. The monoisotopic (exact) mass is 550 g/mol. The summed E-state index contributed by atoms with van der Waals surface area (Å²) in [6.07, 6.45) is 7.30. The molecule has 0 unspecified atom stereocenters. The van der Waals surface area contributed by atoms with Crippen molar-refractivity contribution in [3.05, 3.63) is 66.2 Å². The van der Waals surface area contributed by atoms with Gasteiger partial charge in [-0.15, -0.1) is 0 Å². The van der Waals surface area contributed by atoms with Gasteiger partial charge in [0, 0.05) is 30.4 Å². The minimum absolute atomic E-state index is 0.289. The molecule has 3 aromatic rings. The highest BCUT2D eigenvalue weighted by atomic mass is 19.4. The molecule has 2 aromatic heterocycles. The van der Waals surface area contributed by atoms with Crippen molar-refractivity contribution in [2.75, 3.05) is 16.8 Å². The van der Waals surface area contributed by atoms with Crippen LogP contribution in [0.25, 0.3) is 11.1 Å². The summed E-state index contributed by atoms with van der Waals surface area (Å²) >= 11 is 0. The maximum atomic E-state index is 13.0. The SMILES string of the molecule is NC(=O)c1cccc(-c2ccnc(N[C@@H]3CCCC[C@H]3C[C@H]3C[C@@H]4C[C@H]3N(c3cnc(C(F)(F)F)cn3)C4)c2)c1. The summed E-state index contributed by atoms with van der Waals surface area (Å²) in [7, 11) is 0. The third-order valence-corrected chi connectivity index (χ3v) is 8.92. The van der Waals surface area contributed by atoms with Crippen molar-refractivity contribution in [3.8, 4) is 11.1 Å². The van der Waals surface area contributed by atoms with E-state index >= 15 is 0 Å². The van der Waals surface area contributed by atoms with Gasteiger partial charge in [-0.05, 0) is 85.3 Å². The Morgan fingerprint density at radius 2 is 1.82 bits per heavy atom. The van der Waals surface area contributed by atoms with E-state index in [9.17, 15) is 18.0 Å². The molecule has 2 aliphatic carbocycles. The van der Waals surface area contributed by atoms with Gasteiger partial charge in [0.25, 0.3) is 0 Å². The Labute approximate surface area is 231 Å². The molecular formula is C30H33F3N6O. The first-order chi connectivity index (χ1) is 19.2. The van der Waals surface area contributed by atoms with Crippen LogP contribution in [0.4, 0.5) is 24.8 Å². The average Bonchev–Trinajstić information content (AvgIpc) is 3.55. The van der Waals surface area contributed by atoms with Crippen molar-refractivity contribution < 1.29 is 18.0 Å². The first-order valence-corrected chi connectivity index (χ1v) is 14.0. The van der Waals surface area contributed by atoms with Crippen LogP contribution in [-0.2, 0) is 6.18 Å². The van der Waals surface area contributed by atoms with E-state index in [-0.39, 0.29) is 6.04 Å². The number of pyridine rings is 1. The van der Waals surface area contributed by atoms with Crippen LogP contribution in [0.1, 0.15) is 61.0 Å². The highest BCUT2D eigenvalue weighted by Gasteiger charge is 2.47. The minimum atomic E-state index is -4.48. The maximum absolute atomic E-state index is 13.0. The van der Waals surface area contributed by atoms with Crippen LogP contribution in [0.2, 0.25) is 0 Å². The van der Waals surface area contributed by atoms with Crippen molar-refractivity contribution in [2.45, 2.75) is 63.2 Å². The number of aromatic nitrogens is 3. The number of alkyl halides is 3. The van der Waals surface area contributed by atoms with Gasteiger partial charge in [0.05, 0.1) is 12.4 Å². The van der Waals surface area contributed by atoms with Crippen LogP contribution < -0.4 is 16.0 Å². The molecule has 40 heavy (non-hydrogen) atoms. The summed E-state index contributed by atoms with van der Waals surface area (Å²) < 4.78 is 38.9. The van der Waals surface area contributed by atoms with Crippen LogP contribution in [0.15, 0.2) is 55.0 Å². The molecule has 7 nitrogen and oxygen atoms in total. The maximum Gasteiger partial charge on any atom is 0.434 e. The number of primary amides is 1. The Hall–Kier alpha value is -3.69. The summed E-state index contributed by atoms with van der Waals surface area (Å²) in [5.74, 6) is 2.42. The number of halogens is 3. The van der Waals surface area contributed by atoms with Crippen LogP contribution in [0, 0.1) is 17.8 Å². The fourth-order valence-corrected chi connectivity index (χ4v) is 7.09. The quantitative estimate of drug-likeness (QED) is 0.378. The van der Waals surface area contributed by atoms with Gasteiger partial charge in [0.1, 0.15) is 11.6 Å². The summed E-state index contributed by atoms with van der Waals surface area (Å²) in [5, 5.41) is 3.71. The fraction of sp³-hybridized carbons (Fsp3) is 0.467. The van der Waals surface area contributed by atoms with E-state index in [2.05, 4.69) is 25.2 Å². The first-order valence-electron chi connectivity index (χ1n) is 14.0. The van der Waals surface area contributed by atoms with Crippen molar-refractivity contribution >= 4 is 17.5 Å². The molecule has 6 rings (SSSR count). The second kappa shape index (κ2) is 10.7. The summed E-state index contributed by atoms with van der Waals surface area (Å²) in [6.45, 7) is 0.835. The smallest absolute Gasteiger partial charge is 0.367 e. The largest absolute Gasteiger partial charge is 0.434 e. The number of anilines is 2. The Morgan fingerprint density at radius 3 is 2.58 bits per heavy atom. The topological polar surface area (TPSA) is 97.0 Å². The van der Waals surface area contributed by atoms with E-state index in [0.717, 1.165) is 61.8 Å². The number of benzene rings is 1. The molecule has 3 N–H and O–H groups in total. The number of amides is 1. The van der Waals surface area contributed by atoms with Gasteiger partial charge in [-0.2, -0.15) is 13.2 Å². The Kier molecular flexibility index (Phi) is 7.10. The van der Waals surface area contributed by atoms with Crippen molar-refractivity contribution in [3.63, 3.8) is 0 Å². The summed E-state index contributed by atoms with van der Waals surface area (Å²) in [5.41, 5.74) is 6.87. The number of fused-ring (bicyclic) bond motifs is 2. The van der Waals surface area contributed by atoms with Gasteiger partial charge in [0.15, 0.2) is 5.69 Å². The average molecular weight is 551 g/mol. The van der Waals surface area contributed by atoms with E-state index < -0.39 is 17.8 Å². The molecule has 1 saturated heterocycles. The lowest BCUT2D eigenvalue weighted by molar-refractivity contribution is -0.141. The molecule has 1 amide bonds. The molecule has 3 fully saturated rings. The number of carbonyl (C=O) groups is 1. The van der Waals surface area contributed by atoms with Gasteiger partial charge in [-0.1, -0.05) is 25.0 Å². The molecule has 0 spiro atoms. The predicted octanol–water partition coefficient (Wildman–Crippen LogP) is 5.93. The lowest BCUT2D eigenvalue weighted by Crippen LogP contribution is -2.42. The van der Waals surface area contributed by atoms with Gasteiger partial charge < -0.3 is 16.0 Å². The molecule has 3 aliphatic rings. The number of rotatable bonds is 7. The molecular weight excluding hydrogens is 517 g/mol. The summed E-state index contributed by atoms with van der Waals surface area (Å²) in [4.78, 5) is 26.2. The number of piperidine rings is 1. The van der Waals surface area contributed by atoms with Gasteiger partial charge in [0.2, 0.25) is 5.91 Å². The number of carbonyl (C=O) groups excluding carboxylic acids is 1. The van der Waals surface area contributed by atoms with Crippen molar-refractivity contribution in [2.24, 2.45) is 23.5 Å². The molecule has 1 aromatic carbocycles. The van der Waals surface area contributed by atoms with Crippen molar-refractivity contribution in [1.82, 2.24) is 15.0 Å². The normalized spacial score (nSPS) is 26.2. The molecule has 2 bridgehead atoms. The molecule has 0 radical (unpaired) electrons. The first kappa shape index (κ1) is 26.5. The zero-order valence-electron chi connectivity index (χ0n) is 22.1. The van der Waals surface area contributed by atoms with Gasteiger partial charge in [-0.3, -0.25) is 4.79 Å². The van der Waals surface area contributed by atoms with E-state index in [1.165, 1.54) is 19.0 Å². The molecule has 2 saturated carbocycles. The van der Waals surface area contributed by atoms with Crippen LogP contribution in [-0.4, -0.2) is 39.5 Å².